The number of hydrogen-bond donors (Lipinski definition) is 0. The Kier molecular flexibility index (Phi) is 0.982. The van der Waals surface area contributed by atoms with Crippen LogP contribution in [-0.2, 0) is 0 Å². The molecule has 1 spiro atoms. The van der Waals surface area contributed by atoms with E-state index in [0.717, 1.165) is 12.3 Å². The molecule has 0 saturated heterocycles. The highest BCUT2D eigenvalue weighted by Crippen LogP contribution is 2.65. The van der Waals surface area contributed by atoms with Crippen molar-refractivity contribution in [2.45, 2.75) is 12.8 Å². The maximum Gasteiger partial charge on any atom is 0.0172 e. The standard InChI is InChI=1S/C12H12/c1-2-9-6-10-4-3-5-11-8-12(10,11)7-9/h2-5,7,11H,1,6,8H2. The summed E-state index contributed by atoms with van der Waals surface area (Å²) in [7, 11) is 0. The molecule has 3 aliphatic rings. The zero-order chi connectivity index (χ0) is 8.18. The van der Waals surface area contributed by atoms with Gasteiger partial charge in [0.25, 0.3) is 0 Å². The van der Waals surface area contributed by atoms with Gasteiger partial charge in [0.15, 0.2) is 0 Å². The molecule has 3 rings (SSSR count). The molecule has 1 fully saturated rings. The lowest BCUT2D eigenvalue weighted by atomic mass is 9.93. The third-order valence-corrected chi connectivity index (χ3v) is 3.40. The minimum Gasteiger partial charge on any atom is -0.0988 e. The molecule has 2 unspecified atom stereocenters. The summed E-state index contributed by atoms with van der Waals surface area (Å²) in [5, 5.41) is 0. The van der Waals surface area contributed by atoms with Crippen LogP contribution in [0.2, 0.25) is 0 Å². The van der Waals surface area contributed by atoms with Crippen LogP contribution in [0.3, 0.4) is 0 Å². The van der Waals surface area contributed by atoms with Gasteiger partial charge in [-0.1, -0.05) is 42.5 Å². The van der Waals surface area contributed by atoms with Crippen molar-refractivity contribution in [3.8, 4) is 0 Å². The summed E-state index contributed by atoms with van der Waals surface area (Å²) in [5.74, 6) is 0.815. The summed E-state index contributed by atoms with van der Waals surface area (Å²) in [6.45, 7) is 3.83. The van der Waals surface area contributed by atoms with E-state index in [9.17, 15) is 0 Å². The molecular formula is C12H12. The van der Waals surface area contributed by atoms with E-state index in [0.29, 0.717) is 5.41 Å². The molecule has 0 nitrogen and oxygen atoms in total. The van der Waals surface area contributed by atoms with Crippen LogP contribution in [0.25, 0.3) is 0 Å². The van der Waals surface area contributed by atoms with Crippen LogP contribution in [-0.4, -0.2) is 0 Å². The first-order valence-corrected chi connectivity index (χ1v) is 4.57. The minimum atomic E-state index is 0.471. The van der Waals surface area contributed by atoms with E-state index >= 15 is 0 Å². The first-order chi connectivity index (χ1) is 5.85. The van der Waals surface area contributed by atoms with Gasteiger partial charge in [0.2, 0.25) is 0 Å². The smallest absolute Gasteiger partial charge is 0.0172 e. The van der Waals surface area contributed by atoms with Gasteiger partial charge < -0.3 is 0 Å². The molecule has 0 heterocycles. The summed E-state index contributed by atoms with van der Waals surface area (Å²) in [6, 6.07) is 0. The van der Waals surface area contributed by atoms with E-state index in [4.69, 9.17) is 0 Å². The summed E-state index contributed by atoms with van der Waals surface area (Å²) in [5.41, 5.74) is 3.51. The number of hydrogen-bond acceptors (Lipinski definition) is 0. The molecule has 0 aromatic rings. The molecule has 3 aliphatic carbocycles. The van der Waals surface area contributed by atoms with Crippen LogP contribution in [0.4, 0.5) is 0 Å². The highest BCUT2D eigenvalue weighted by atomic mass is 14.6. The summed E-state index contributed by atoms with van der Waals surface area (Å²) >= 11 is 0. The minimum absolute atomic E-state index is 0.471. The largest absolute Gasteiger partial charge is 0.0988 e. The molecule has 0 bridgehead atoms. The van der Waals surface area contributed by atoms with Crippen molar-refractivity contribution in [3.05, 3.63) is 48.1 Å². The van der Waals surface area contributed by atoms with Crippen LogP contribution in [0.1, 0.15) is 12.8 Å². The van der Waals surface area contributed by atoms with E-state index in [2.05, 4.69) is 30.9 Å². The Labute approximate surface area is 73.0 Å². The fraction of sp³-hybridized carbons (Fsp3) is 0.333. The van der Waals surface area contributed by atoms with Gasteiger partial charge in [0.05, 0.1) is 0 Å². The maximum absolute atomic E-state index is 3.83. The molecule has 0 aliphatic heterocycles. The number of rotatable bonds is 1. The van der Waals surface area contributed by atoms with Gasteiger partial charge in [-0.3, -0.25) is 0 Å². The van der Waals surface area contributed by atoms with E-state index < -0.39 is 0 Å². The Bertz CT molecular complexity index is 341. The summed E-state index contributed by atoms with van der Waals surface area (Å²) in [6.07, 6.45) is 13.8. The Morgan fingerprint density at radius 3 is 3.25 bits per heavy atom. The first-order valence-electron chi connectivity index (χ1n) is 4.57. The molecule has 0 N–H and O–H groups in total. The van der Waals surface area contributed by atoms with Gasteiger partial charge in [-0.2, -0.15) is 0 Å². The highest BCUT2D eigenvalue weighted by Gasteiger charge is 2.56. The third-order valence-electron chi connectivity index (χ3n) is 3.40. The fourth-order valence-corrected chi connectivity index (χ4v) is 2.59. The van der Waals surface area contributed by atoms with Crippen molar-refractivity contribution in [1.29, 1.82) is 0 Å². The Morgan fingerprint density at radius 2 is 2.50 bits per heavy atom. The average molecular weight is 156 g/mol. The summed E-state index contributed by atoms with van der Waals surface area (Å²) < 4.78 is 0. The lowest BCUT2D eigenvalue weighted by Crippen LogP contribution is -2.00. The van der Waals surface area contributed by atoms with Gasteiger partial charge in [-0.15, -0.1) is 0 Å². The molecule has 60 valence electrons. The second-order valence-corrected chi connectivity index (χ2v) is 4.03. The number of allylic oxidation sites excluding steroid dienone is 7. The molecular weight excluding hydrogens is 144 g/mol. The zero-order valence-corrected chi connectivity index (χ0v) is 7.09. The van der Waals surface area contributed by atoms with Gasteiger partial charge >= 0.3 is 0 Å². The van der Waals surface area contributed by atoms with Gasteiger partial charge in [-0.25, -0.2) is 0 Å². The Morgan fingerprint density at radius 1 is 1.58 bits per heavy atom. The van der Waals surface area contributed by atoms with Crippen molar-refractivity contribution in [2.24, 2.45) is 11.3 Å². The zero-order valence-electron chi connectivity index (χ0n) is 7.09. The fourth-order valence-electron chi connectivity index (χ4n) is 2.59. The predicted molar refractivity (Wildman–Crippen MR) is 50.7 cm³/mol. The van der Waals surface area contributed by atoms with Crippen molar-refractivity contribution < 1.29 is 0 Å². The molecule has 0 aromatic carbocycles. The lowest BCUT2D eigenvalue weighted by molar-refractivity contribution is 0.737. The highest BCUT2D eigenvalue weighted by molar-refractivity contribution is 5.51. The predicted octanol–water partition coefficient (Wildman–Crippen LogP) is 3.01. The topological polar surface area (TPSA) is 0 Å². The third kappa shape index (κ3) is 0.592. The van der Waals surface area contributed by atoms with E-state index in [1.807, 2.05) is 6.08 Å². The molecule has 0 amide bonds. The van der Waals surface area contributed by atoms with Crippen LogP contribution >= 0.6 is 0 Å². The van der Waals surface area contributed by atoms with Crippen LogP contribution in [0.15, 0.2) is 48.1 Å². The molecule has 0 radical (unpaired) electrons. The quantitative estimate of drug-likeness (QED) is 0.547. The van der Waals surface area contributed by atoms with Crippen LogP contribution in [0, 0.1) is 11.3 Å². The Balaban J connectivity index is 2.09. The van der Waals surface area contributed by atoms with Crippen LogP contribution in [0.5, 0.6) is 0 Å². The summed E-state index contributed by atoms with van der Waals surface area (Å²) in [4.78, 5) is 0. The molecule has 0 aromatic heterocycles. The normalized spacial score (nSPS) is 41.2. The van der Waals surface area contributed by atoms with Crippen molar-refractivity contribution in [1.82, 2.24) is 0 Å². The second-order valence-electron chi connectivity index (χ2n) is 4.03. The molecule has 2 atom stereocenters. The van der Waals surface area contributed by atoms with Crippen molar-refractivity contribution in [3.63, 3.8) is 0 Å². The van der Waals surface area contributed by atoms with E-state index in [1.54, 1.807) is 5.57 Å². The van der Waals surface area contributed by atoms with Gasteiger partial charge in [0.1, 0.15) is 0 Å². The van der Waals surface area contributed by atoms with Crippen molar-refractivity contribution >= 4 is 0 Å². The van der Waals surface area contributed by atoms with Crippen LogP contribution < -0.4 is 0 Å². The van der Waals surface area contributed by atoms with E-state index in [1.165, 1.54) is 12.0 Å². The maximum atomic E-state index is 3.83. The second kappa shape index (κ2) is 1.82. The van der Waals surface area contributed by atoms with Crippen molar-refractivity contribution in [2.75, 3.05) is 0 Å². The monoisotopic (exact) mass is 156 g/mol. The lowest BCUT2D eigenvalue weighted by Gasteiger charge is -2.11. The van der Waals surface area contributed by atoms with Gasteiger partial charge in [0, 0.05) is 5.41 Å². The SMILES string of the molecule is C=CC1=CC23CC2C=CC=C3C1. The average Bonchev–Trinajstić information content (AvgIpc) is 2.67. The molecule has 1 saturated carbocycles. The van der Waals surface area contributed by atoms with E-state index in [-0.39, 0.29) is 0 Å². The Hall–Kier alpha value is -1.04. The van der Waals surface area contributed by atoms with Gasteiger partial charge in [-0.05, 0) is 24.3 Å². The first kappa shape index (κ1) is 6.47. The molecule has 12 heavy (non-hydrogen) atoms. The molecule has 0 heteroatoms.